The van der Waals surface area contributed by atoms with Crippen LogP contribution >= 0.6 is 0 Å². The standard InChI is InChI=1S/C15H25NO/c1-5-11(2)14-6-8-15(9-7-14)17-13(4)10-12(3)16/h6-9,11-13H,5,10,16H2,1-4H3. The average Bonchev–Trinajstić information content (AvgIpc) is 2.28. The SMILES string of the molecule is CCC(C)c1ccc(OC(C)CC(C)N)cc1. The van der Waals surface area contributed by atoms with Gasteiger partial charge in [0, 0.05) is 6.04 Å². The maximum absolute atomic E-state index is 5.81. The quantitative estimate of drug-likeness (QED) is 0.816. The zero-order valence-corrected chi connectivity index (χ0v) is 11.4. The fraction of sp³-hybridized carbons (Fsp3) is 0.600. The molecule has 3 unspecified atom stereocenters. The Morgan fingerprint density at radius 3 is 2.18 bits per heavy atom. The first-order valence-corrected chi connectivity index (χ1v) is 6.55. The van der Waals surface area contributed by atoms with Crippen molar-refractivity contribution >= 4 is 0 Å². The van der Waals surface area contributed by atoms with Crippen molar-refractivity contribution in [1.29, 1.82) is 0 Å². The molecule has 0 spiro atoms. The predicted molar refractivity (Wildman–Crippen MR) is 73.5 cm³/mol. The lowest BCUT2D eigenvalue weighted by molar-refractivity contribution is 0.203. The third kappa shape index (κ3) is 4.78. The second kappa shape index (κ2) is 6.65. The summed E-state index contributed by atoms with van der Waals surface area (Å²) in [6.07, 6.45) is 2.22. The van der Waals surface area contributed by atoms with Gasteiger partial charge in [0.05, 0.1) is 6.10 Å². The molecule has 0 aliphatic rings. The molecule has 0 heterocycles. The van der Waals surface area contributed by atoms with E-state index < -0.39 is 0 Å². The first kappa shape index (κ1) is 14.0. The molecule has 17 heavy (non-hydrogen) atoms. The molecule has 2 nitrogen and oxygen atoms in total. The van der Waals surface area contributed by atoms with Gasteiger partial charge in [-0.15, -0.1) is 0 Å². The molecule has 0 saturated carbocycles. The Kier molecular flexibility index (Phi) is 5.49. The van der Waals surface area contributed by atoms with Crippen LogP contribution in [0.15, 0.2) is 24.3 Å². The summed E-state index contributed by atoms with van der Waals surface area (Å²) in [5.41, 5.74) is 7.12. The summed E-state index contributed by atoms with van der Waals surface area (Å²) in [5, 5.41) is 0. The van der Waals surface area contributed by atoms with Gasteiger partial charge in [-0.05, 0) is 50.3 Å². The van der Waals surface area contributed by atoms with Crippen LogP contribution in [0.4, 0.5) is 0 Å². The molecule has 0 fully saturated rings. The van der Waals surface area contributed by atoms with E-state index in [1.54, 1.807) is 0 Å². The minimum atomic E-state index is 0.171. The van der Waals surface area contributed by atoms with Crippen molar-refractivity contribution < 1.29 is 4.74 Å². The molecule has 0 aliphatic heterocycles. The Bertz CT molecular complexity index is 318. The van der Waals surface area contributed by atoms with Crippen LogP contribution in [0.25, 0.3) is 0 Å². The van der Waals surface area contributed by atoms with Crippen LogP contribution in [0.2, 0.25) is 0 Å². The summed E-state index contributed by atoms with van der Waals surface area (Å²) in [6.45, 7) is 8.52. The first-order chi connectivity index (χ1) is 8.02. The molecule has 1 rings (SSSR count). The van der Waals surface area contributed by atoms with Gasteiger partial charge < -0.3 is 10.5 Å². The van der Waals surface area contributed by atoms with E-state index >= 15 is 0 Å². The minimum absolute atomic E-state index is 0.171. The lowest BCUT2D eigenvalue weighted by atomic mass is 9.99. The van der Waals surface area contributed by atoms with Gasteiger partial charge in [0.25, 0.3) is 0 Å². The number of rotatable bonds is 6. The van der Waals surface area contributed by atoms with Gasteiger partial charge in [0.2, 0.25) is 0 Å². The highest BCUT2D eigenvalue weighted by molar-refractivity contribution is 5.29. The van der Waals surface area contributed by atoms with Crippen molar-refractivity contribution in [3.8, 4) is 5.75 Å². The number of benzene rings is 1. The highest BCUT2D eigenvalue weighted by atomic mass is 16.5. The highest BCUT2D eigenvalue weighted by Crippen LogP contribution is 2.22. The van der Waals surface area contributed by atoms with E-state index in [9.17, 15) is 0 Å². The lowest BCUT2D eigenvalue weighted by Crippen LogP contribution is -2.24. The van der Waals surface area contributed by atoms with Crippen LogP contribution < -0.4 is 10.5 Å². The number of hydrogen-bond acceptors (Lipinski definition) is 2. The van der Waals surface area contributed by atoms with Crippen LogP contribution in [0, 0.1) is 0 Å². The molecule has 0 bridgehead atoms. The van der Waals surface area contributed by atoms with Crippen LogP contribution in [0.1, 0.15) is 52.0 Å². The molecule has 3 atom stereocenters. The van der Waals surface area contributed by atoms with Crippen molar-refractivity contribution in [3.63, 3.8) is 0 Å². The van der Waals surface area contributed by atoms with E-state index in [2.05, 4.69) is 45.0 Å². The summed E-state index contributed by atoms with van der Waals surface area (Å²) >= 11 is 0. The molecular formula is C15H25NO. The van der Waals surface area contributed by atoms with Crippen molar-refractivity contribution in [1.82, 2.24) is 0 Å². The Morgan fingerprint density at radius 2 is 1.71 bits per heavy atom. The minimum Gasteiger partial charge on any atom is -0.491 e. The second-order valence-electron chi connectivity index (χ2n) is 5.02. The number of ether oxygens (including phenoxy) is 1. The number of nitrogens with two attached hydrogens (primary N) is 1. The van der Waals surface area contributed by atoms with E-state index in [4.69, 9.17) is 10.5 Å². The fourth-order valence-electron chi connectivity index (χ4n) is 1.91. The molecule has 0 radical (unpaired) electrons. The maximum atomic E-state index is 5.81. The van der Waals surface area contributed by atoms with Crippen LogP contribution in [0.3, 0.4) is 0 Å². The van der Waals surface area contributed by atoms with Crippen LogP contribution in [0.5, 0.6) is 5.75 Å². The van der Waals surface area contributed by atoms with Gasteiger partial charge >= 0.3 is 0 Å². The van der Waals surface area contributed by atoms with Gasteiger partial charge in [-0.25, -0.2) is 0 Å². The van der Waals surface area contributed by atoms with Crippen molar-refractivity contribution in [2.45, 2.75) is 58.6 Å². The summed E-state index contributed by atoms with van der Waals surface area (Å²) in [6, 6.07) is 8.60. The van der Waals surface area contributed by atoms with Crippen LogP contribution in [-0.4, -0.2) is 12.1 Å². The molecular weight excluding hydrogens is 210 g/mol. The second-order valence-corrected chi connectivity index (χ2v) is 5.02. The third-order valence-corrected chi connectivity index (χ3v) is 3.10. The van der Waals surface area contributed by atoms with E-state index in [1.165, 1.54) is 12.0 Å². The summed E-state index contributed by atoms with van der Waals surface area (Å²) in [4.78, 5) is 0. The van der Waals surface area contributed by atoms with Crippen molar-refractivity contribution in [3.05, 3.63) is 29.8 Å². The third-order valence-electron chi connectivity index (χ3n) is 3.10. The Hall–Kier alpha value is -1.02. The first-order valence-electron chi connectivity index (χ1n) is 6.55. The van der Waals surface area contributed by atoms with Gasteiger partial charge in [-0.1, -0.05) is 26.0 Å². The summed E-state index contributed by atoms with van der Waals surface area (Å²) in [7, 11) is 0. The lowest BCUT2D eigenvalue weighted by Gasteiger charge is -2.17. The van der Waals surface area contributed by atoms with Crippen molar-refractivity contribution in [2.75, 3.05) is 0 Å². The largest absolute Gasteiger partial charge is 0.491 e. The molecule has 0 saturated heterocycles. The molecule has 0 aromatic heterocycles. The van der Waals surface area contributed by atoms with E-state index in [0.717, 1.165) is 12.2 Å². The molecule has 0 amide bonds. The van der Waals surface area contributed by atoms with E-state index in [0.29, 0.717) is 5.92 Å². The van der Waals surface area contributed by atoms with Crippen LogP contribution in [-0.2, 0) is 0 Å². The topological polar surface area (TPSA) is 35.2 Å². The predicted octanol–water partition coefficient (Wildman–Crippen LogP) is 3.70. The Morgan fingerprint density at radius 1 is 1.12 bits per heavy atom. The zero-order chi connectivity index (χ0) is 12.8. The van der Waals surface area contributed by atoms with E-state index in [-0.39, 0.29) is 12.1 Å². The Labute approximate surface area is 105 Å². The molecule has 2 heteroatoms. The monoisotopic (exact) mass is 235 g/mol. The highest BCUT2D eigenvalue weighted by Gasteiger charge is 2.07. The Balaban J connectivity index is 2.56. The summed E-state index contributed by atoms with van der Waals surface area (Å²) in [5.74, 6) is 1.55. The zero-order valence-electron chi connectivity index (χ0n) is 11.4. The van der Waals surface area contributed by atoms with Gasteiger partial charge in [-0.3, -0.25) is 0 Å². The van der Waals surface area contributed by atoms with Crippen molar-refractivity contribution in [2.24, 2.45) is 5.73 Å². The normalized spacial score (nSPS) is 16.3. The van der Waals surface area contributed by atoms with Gasteiger partial charge in [-0.2, -0.15) is 0 Å². The molecule has 96 valence electrons. The smallest absolute Gasteiger partial charge is 0.119 e. The number of hydrogen-bond donors (Lipinski definition) is 1. The molecule has 1 aromatic rings. The molecule has 2 N–H and O–H groups in total. The molecule has 0 aliphatic carbocycles. The van der Waals surface area contributed by atoms with E-state index in [1.807, 2.05) is 6.92 Å². The maximum Gasteiger partial charge on any atom is 0.119 e. The summed E-state index contributed by atoms with van der Waals surface area (Å²) < 4.78 is 5.81. The fourth-order valence-corrected chi connectivity index (χ4v) is 1.91. The van der Waals surface area contributed by atoms with Gasteiger partial charge in [0.1, 0.15) is 5.75 Å². The molecule has 1 aromatic carbocycles. The average molecular weight is 235 g/mol. The van der Waals surface area contributed by atoms with Gasteiger partial charge in [0.15, 0.2) is 0 Å².